The molecule has 5 heteroatoms. The van der Waals surface area contributed by atoms with Crippen LogP contribution in [0.1, 0.15) is 52.9 Å². The highest BCUT2D eigenvalue weighted by atomic mass is 16.2. The van der Waals surface area contributed by atoms with Crippen LogP contribution in [0.2, 0.25) is 0 Å². The van der Waals surface area contributed by atoms with Crippen molar-refractivity contribution in [2.45, 2.75) is 65.0 Å². The molecule has 2 rings (SSSR count). The lowest BCUT2D eigenvalue weighted by Crippen LogP contribution is -2.51. The second kappa shape index (κ2) is 7.95. The molecule has 1 unspecified atom stereocenters. The highest BCUT2D eigenvalue weighted by molar-refractivity contribution is 5.86. The van der Waals surface area contributed by atoms with Crippen molar-refractivity contribution in [3.05, 3.63) is 0 Å². The largest absolute Gasteiger partial charge is 0.347 e. The highest BCUT2D eigenvalue weighted by Crippen LogP contribution is 2.31. The van der Waals surface area contributed by atoms with Crippen molar-refractivity contribution in [2.75, 3.05) is 26.2 Å². The molecular weight excluding hydrogens is 278 g/mol. The summed E-state index contributed by atoms with van der Waals surface area (Å²) >= 11 is 0. The molecule has 1 aliphatic carbocycles. The van der Waals surface area contributed by atoms with Gasteiger partial charge >= 0.3 is 0 Å². The molecule has 0 bridgehead atoms. The Morgan fingerprint density at radius 1 is 1.14 bits per heavy atom. The second-order valence-electron chi connectivity index (χ2n) is 6.72. The van der Waals surface area contributed by atoms with Gasteiger partial charge in [-0.15, -0.1) is 0 Å². The van der Waals surface area contributed by atoms with Crippen LogP contribution in [-0.4, -0.2) is 59.9 Å². The first-order valence-electron chi connectivity index (χ1n) is 8.88. The molecule has 1 saturated heterocycles. The van der Waals surface area contributed by atoms with Gasteiger partial charge in [0.1, 0.15) is 0 Å². The van der Waals surface area contributed by atoms with Crippen LogP contribution >= 0.6 is 0 Å². The maximum absolute atomic E-state index is 12.6. The van der Waals surface area contributed by atoms with Crippen molar-refractivity contribution in [3.8, 4) is 0 Å². The van der Waals surface area contributed by atoms with Gasteiger partial charge in [-0.3, -0.25) is 9.59 Å². The van der Waals surface area contributed by atoms with E-state index in [0.29, 0.717) is 12.1 Å². The molecule has 1 N–H and O–H groups in total. The number of rotatable bonds is 7. The van der Waals surface area contributed by atoms with Crippen molar-refractivity contribution in [2.24, 2.45) is 5.92 Å². The Morgan fingerprint density at radius 2 is 1.73 bits per heavy atom. The molecule has 0 aromatic carbocycles. The number of nitrogens with zero attached hydrogens (tertiary/aromatic N) is 2. The van der Waals surface area contributed by atoms with Crippen molar-refractivity contribution in [1.82, 2.24) is 15.1 Å². The summed E-state index contributed by atoms with van der Waals surface area (Å²) in [5, 5.41) is 2.81. The molecule has 1 heterocycles. The van der Waals surface area contributed by atoms with E-state index in [1.165, 1.54) is 0 Å². The van der Waals surface area contributed by atoms with E-state index in [1.807, 2.05) is 13.8 Å². The van der Waals surface area contributed by atoms with Crippen LogP contribution in [0.4, 0.5) is 0 Å². The smallest absolute Gasteiger partial charge is 0.242 e. The molecular formula is C17H31N3O2. The molecule has 0 spiro atoms. The molecule has 2 aliphatic rings. The molecule has 0 aromatic rings. The SMILES string of the molecule is CCC(C)C(=O)NCC(=O)N(C1CC1)C1CCN(CC)CC1. The summed E-state index contributed by atoms with van der Waals surface area (Å²) in [6, 6.07) is 0.787. The Labute approximate surface area is 134 Å². The van der Waals surface area contributed by atoms with E-state index >= 15 is 0 Å². The summed E-state index contributed by atoms with van der Waals surface area (Å²) in [6.07, 6.45) is 5.19. The Hall–Kier alpha value is -1.10. The van der Waals surface area contributed by atoms with Gasteiger partial charge in [-0.1, -0.05) is 20.8 Å². The molecule has 0 radical (unpaired) electrons. The first kappa shape index (κ1) is 17.3. The van der Waals surface area contributed by atoms with Crippen molar-refractivity contribution in [3.63, 3.8) is 0 Å². The number of likely N-dealkylation sites (tertiary alicyclic amines) is 1. The average Bonchev–Trinajstić information content (AvgIpc) is 3.37. The molecule has 1 aliphatic heterocycles. The number of carbonyl (C=O) groups excluding carboxylic acids is 2. The number of piperidine rings is 1. The third kappa shape index (κ3) is 4.45. The minimum Gasteiger partial charge on any atom is -0.347 e. The van der Waals surface area contributed by atoms with Crippen molar-refractivity contribution < 1.29 is 9.59 Å². The van der Waals surface area contributed by atoms with Gasteiger partial charge in [0.15, 0.2) is 0 Å². The third-order valence-corrected chi connectivity index (χ3v) is 5.10. The molecule has 2 amide bonds. The van der Waals surface area contributed by atoms with Gasteiger partial charge in [-0.25, -0.2) is 0 Å². The molecule has 126 valence electrons. The van der Waals surface area contributed by atoms with Gasteiger partial charge in [-0.05, 0) is 38.6 Å². The molecule has 1 atom stereocenters. The van der Waals surface area contributed by atoms with E-state index < -0.39 is 0 Å². The molecule has 0 aromatic heterocycles. The van der Waals surface area contributed by atoms with Gasteiger partial charge in [0.25, 0.3) is 0 Å². The molecule has 5 nitrogen and oxygen atoms in total. The van der Waals surface area contributed by atoms with Crippen molar-refractivity contribution in [1.29, 1.82) is 0 Å². The van der Waals surface area contributed by atoms with Gasteiger partial charge < -0.3 is 15.1 Å². The predicted molar refractivity (Wildman–Crippen MR) is 87.5 cm³/mol. The summed E-state index contributed by atoms with van der Waals surface area (Å²) in [7, 11) is 0. The fraction of sp³-hybridized carbons (Fsp3) is 0.882. The van der Waals surface area contributed by atoms with Gasteiger partial charge in [-0.2, -0.15) is 0 Å². The number of amides is 2. The molecule has 22 heavy (non-hydrogen) atoms. The Balaban J connectivity index is 1.86. The van der Waals surface area contributed by atoms with Crippen LogP contribution in [0.15, 0.2) is 0 Å². The zero-order valence-electron chi connectivity index (χ0n) is 14.3. The summed E-state index contributed by atoms with van der Waals surface area (Å²) < 4.78 is 0. The fourth-order valence-electron chi connectivity index (χ4n) is 3.19. The zero-order valence-corrected chi connectivity index (χ0v) is 14.3. The van der Waals surface area contributed by atoms with Crippen LogP contribution in [0.3, 0.4) is 0 Å². The summed E-state index contributed by atoms with van der Waals surface area (Å²) in [4.78, 5) is 29.0. The van der Waals surface area contributed by atoms with Crippen LogP contribution in [0.5, 0.6) is 0 Å². The first-order chi connectivity index (χ1) is 10.6. The van der Waals surface area contributed by atoms with E-state index in [9.17, 15) is 9.59 Å². The fourth-order valence-corrected chi connectivity index (χ4v) is 3.19. The average molecular weight is 309 g/mol. The van der Waals surface area contributed by atoms with Gasteiger partial charge in [0.2, 0.25) is 11.8 Å². The van der Waals surface area contributed by atoms with E-state index in [4.69, 9.17) is 0 Å². The lowest BCUT2D eigenvalue weighted by atomic mass is 10.0. The summed E-state index contributed by atoms with van der Waals surface area (Å²) in [5.41, 5.74) is 0. The van der Waals surface area contributed by atoms with E-state index in [2.05, 4.69) is 22.0 Å². The van der Waals surface area contributed by atoms with E-state index in [1.54, 1.807) is 0 Å². The van der Waals surface area contributed by atoms with E-state index in [0.717, 1.165) is 51.7 Å². The monoisotopic (exact) mass is 309 g/mol. The predicted octanol–water partition coefficient (Wildman–Crippen LogP) is 1.62. The highest BCUT2D eigenvalue weighted by Gasteiger charge is 2.38. The van der Waals surface area contributed by atoms with E-state index in [-0.39, 0.29) is 24.3 Å². The minimum absolute atomic E-state index is 0.00704. The minimum atomic E-state index is -0.0185. The molecule has 1 saturated carbocycles. The number of hydrogen-bond acceptors (Lipinski definition) is 3. The van der Waals surface area contributed by atoms with Crippen LogP contribution < -0.4 is 5.32 Å². The maximum atomic E-state index is 12.6. The Morgan fingerprint density at radius 3 is 2.23 bits per heavy atom. The van der Waals surface area contributed by atoms with Crippen LogP contribution in [-0.2, 0) is 9.59 Å². The summed E-state index contributed by atoms with van der Waals surface area (Å²) in [6.45, 7) is 9.49. The van der Waals surface area contributed by atoms with Crippen LogP contribution in [0.25, 0.3) is 0 Å². The molecule has 2 fully saturated rings. The van der Waals surface area contributed by atoms with Gasteiger partial charge in [0, 0.05) is 31.1 Å². The summed E-state index contributed by atoms with van der Waals surface area (Å²) in [5.74, 6) is 0.0801. The van der Waals surface area contributed by atoms with Crippen LogP contribution in [0, 0.1) is 5.92 Å². The second-order valence-corrected chi connectivity index (χ2v) is 6.72. The number of nitrogens with one attached hydrogen (secondary N) is 1. The van der Waals surface area contributed by atoms with Crippen molar-refractivity contribution >= 4 is 11.8 Å². The third-order valence-electron chi connectivity index (χ3n) is 5.10. The normalized spacial score (nSPS) is 21.4. The first-order valence-corrected chi connectivity index (χ1v) is 8.88. The number of hydrogen-bond donors (Lipinski definition) is 1. The zero-order chi connectivity index (χ0) is 16.1. The standard InChI is InChI=1S/C17H31N3O2/c1-4-13(3)17(22)18-12-16(21)20(14-6-7-14)15-8-10-19(5-2)11-9-15/h13-15H,4-12H2,1-3H3,(H,18,22). The Bertz CT molecular complexity index is 387. The Kier molecular flexibility index (Phi) is 6.24. The lowest BCUT2D eigenvalue weighted by molar-refractivity contribution is -0.137. The number of carbonyl (C=O) groups is 2. The quantitative estimate of drug-likeness (QED) is 0.777. The maximum Gasteiger partial charge on any atom is 0.242 e. The topological polar surface area (TPSA) is 52.7 Å². The lowest BCUT2D eigenvalue weighted by Gasteiger charge is -2.38. The van der Waals surface area contributed by atoms with Gasteiger partial charge in [0.05, 0.1) is 6.54 Å².